The summed E-state index contributed by atoms with van der Waals surface area (Å²) in [7, 11) is 2.97. The van der Waals surface area contributed by atoms with Crippen molar-refractivity contribution >= 4 is 11.6 Å². The maximum Gasteiger partial charge on any atom is 0.471 e. The second-order valence-electron chi connectivity index (χ2n) is 7.53. The van der Waals surface area contributed by atoms with E-state index in [9.17, 15) is 18.0 Å². The number of carbonyl (C=O) groups is 1. The van der Waals surface area contributed by atoms with Crippen LogP contribution in [0.5, 0.6) is 17.2 Å². The smallest absolute Gasteiger partial charge is 0.471 e. The lowest BCUT2D eigenvalue weighted by Gasteiger charge is -2.29. The number of nitrogens with zero attached hydrogens (tertiary/aromatic N) is 1. The summed E-state index contributed by atoms with van der Waals surface area (Å²) in [4.78, 5) is 13.3. The van der Waals surface area contributed by atoms with E-state index in [1.54, 1.807) is 60.7 Å². The standard InChI is InChI=1S/C25H22F3NO5/c1-31-18-10-8-17(9-11-18)23(32-2)19-12-21-22(34-15-33-21)13-20(19)29(24(30)25(26,27)28)14-16-6-4-3-5-7-16/h3-13,23H,14-15H2,1-2H3. The summed E-state index contributed by atoms with van der Waals surface area (Å²) in [6, 6.07) is 18.3. The van der Waals surface area contributed by atoms with Crippen molar-refractivity contribution in [3.05, 3.63) is 83.4 Å². The SMILES string of the molecule is COc1ccc(C(OC)c2cc3c(cc2N(Cc2ccccc2)C(=O)C(F)(F)F)OCO3)cc1. The Hall–Kier alpha value is -3.72. The summed E-state index contributed by atoms with van der Waals surface area (Å²) in [6.45, 7) is -0.380. The van der Waals surface area contributed by atoms with Crippen molar-refractivity contribution in [3.8, 4) is 17.2 Å². The lowest BCUT2D eigenvalue weighted by molar-refractivity contribution is -0.170. The molecule has 1 unspecified atom stereocenters. The van der Waals surface area contributed by atoms with E-state index >= 15 is 0 Å². The molecule has 6 nitrogen and oxygen atoms in total. The number of rotatable bonds is 7. The number of methoxy groups -OCH3 is 2. The minimum absolute atomic E-state index is 0.0121. The molecule has 0 radical (unpaired) electrons. The first kappa shape index (κ1) is 23.4. The topological polar surface area (TPSA) is 57.2 Å². The highest BCUT2D eigenvalue weighted by molar-refractivity contribution is 5.98. The van der Waals surface area contributed by atoms with E-state index < -0.39 is 18.2 Å². The average molecular weight is 473 g/mol. The number of alkyl halides is 3. The van der Waals surface area contributed by atoms with Crippen LogP contribution in [-0.2, 0) is 16.1 Å². The zero-order chi connectivity index (χ0) is 24.3. The van der Waals surface area contributed by atoms with Crippen molar-refractivity contribution in [1.29, 1.82) is 0 Å². The molecule has 0 bridgehead atoms. The fraction of sp³-hybridized carbons (Fsp3) is 0.240. The number of fused-ring (bicyclic) bond motifs is 1. The Morgan fingerprint density at radius 3 is 2.24 bits per heavy atom. The Bertz CT molecular complexity index is 1150. The van der Waals surface area contributed by atoms with Gasteiger partial charge in [-0.2, -0.15) is 13.2 Å². The third-order valence-corrected chi connectivity index (χ3v) is 5.42. The molecule has 4 rings (SSSR count). The van der Waals surface area contributed by atoms with Crippen LogP contribution in [0.25, 0.3) is 0 Å². The summed E-state index contributed by atoms with van der Waals surface area (Å²) >= 11 is 0. The molecule has 0 saturated carbocycles. The lowest BCUT2D eigenvalue weighted by atomic mass is 9.97. The molecule has 0 fully saturated rings. The Kier molecular flexibility index (Phi) is 6.65. The fourth-order valence-electron chi connectivity index (χ4n) is 3.80. The van der Waals surface area contributed by atoms with Gasteiger partial charge in [-0.15, -0.1) is 0 Å². The first-order valence-electron chi connectivity index (χ1n) is 10.3. The van der Waals surface area contributed by atoms with Gasteiger partial charge >= 0.3 is 12.1 Å². The van der Waals surface area contributed by atoms with Crippen LogP contribution >= 0.6 is 0 Å². The van der Waals surface area contributed by atoms with E-state index in [-0.39, 0.29) is 24.8 Å². The molecule has 1 atom stereocenters. The third kappa shape index (κ3) is 4.79. The fourth-order valence-corrected chi connectivity index (χ4v) is 3.80. The monoisotopic (exact) mass is 473 g/mol. The van der Waals surface area contributed by atoms with Crippen LogP contribution < -0.4 is 19.1 Å². The maximum absolute atomic E-state index is 13.7. The van der Waals surface area contributed by atoms with Crippen molar-refractivity contribution in [1.82, 2.24) is 0 Å². The minimum atomic E-state index is -5.09. The molecule has 9 heteroatoms. The summed E-state index contributed by atoms with van der Waals surface area (Å²) in [5.41, 5.74) is 1.52. The van der Waals surface area contributed by atoms with Crippen LogP contribution in [0.3, 0.4) is 0 Å². The van der Waals surface area contributed by atoms with E-state index in [4.69, 9.17) is 18.9 Å². The number of hydrogen-bond donors (Lipinski definition) is 0. The Morgan fingerprint density at radius 2 is 1.65 bits per heavy atom. The van der Waals surface area contributed by atoms with E-state index in [1.807, 2.05) is 0 Å². The first-order chi connectivity index (χ1) is 16.3. The molecule has 1 aliphatic rings. The molecule has 1 aliphatic heterocycles. The average Bonchev–Trinajstić information content (AvgIpc) is 3.30. The van der Waals surface area contributed by atoms with Gasteiger partial charge in [0, 0.05) is 18.7 Å². The van der Waals surface area contributed by atoms with Gasteiger partial charge in [-0.3, -0.25) is 9.69 Å². The van der Waals surface area contributed by atoms with Gasteiger partial charge in [0.2, 0.25) is 6.79 Å². The number of halogens is 3. The van der Waals surface area contributed by atoms with Gasteiger partial charge < -0.3 is 18.9 Å². The number of anilines is 1. The third-order valence-electron chi connectivity index (χ3n) is 5.42. The highest BCUT2D eigenvalue weighted by Gasteiger charge is 2.44. The van der Waals surface area contributed by atoms with Crippen LogP contribution in [-0.4, -0.2) is 33.1 Å². The normalized spacial score (nSPS) is 13.4. The molecule has 3 aromatic carbocycles. The van der Waals surface area contributed by atoms with Crippen LogP contribution in [0.2, 0.25) is 0 Å². The second kappa shape index (κ2) is 9.64. The predicted octanol–water partition coefficient (Wildman–Crippen LogP) is 5.26. The number of ether oxygens (including phenoxy) is 4. The molecule has 0 aromatic heterocycles. The van der Waals surface area contributed by atoms with Crippen molar-refractivity contribution < 1.29 is 36.9 Å². The molecule has 0 aliphatic carbocycles. The van der Waals surface area contributed by atoms with Crippen molar-refractivity contribution in [3.63, 3.8) is 0 Å². The number of hydrogen-bond acceptors (Lipinski definition) is 5. The first-order valence-corrected chi connectivity index (χ1v) is 10.3. The molecular formula is C25H22F3NO5. The Morgan fingerprint density at radius 1 is 1.00 bits per heavy atom. The predicted molar refractivity (Wildman–Crippen MR) is 118 cm³/mol. The molecule has 34 heavy (non-hydrogen) atoms. The van der Waals surface area contributed by atoms with Gasteiger partial charge in [0.05, 0.1) is 19.3 Å². The van der Waals surface area contributed by atoms with Crippen molar-refractivity contribution in [2.75, 3.05) is 25.9 Å². The number of benzene rings is 3. The largest absolute Gasteiger partial charge is 0.497 e. The van der Waals surface area contributed by atoms with Gasteiger partial charge in [-0.05, 0) is 29.3 Å². The second-order valence-corrected chi connectivity index (χ2v) is 7.53. The van der Waals surface area contributed by atoms with Gasteiger partial charge in [-0.25, -0.2) is 0 Å². The van der Waals surface area contributed by atoms with Crippen LogP contribution in [0, 0.1) is 0 Å². The zero-order valence-corrected chi connectivity index (χ0v) is 18.5. The Balaban J connectivity index is 1.87. The Labute approximate surface area is 194 Å². The molecule has 3 aromatic rings. The van der Waals surface area contributed by atoms with E-state index in [1.165, 1.54) is 20.3 Å². The van der Waals surface area contributed by atoms with Crippen LogP contribution in [0.4, 0.5) is 18.9 Å². The molecule has 0 saturated heterocycles. The maximum atomic E-state index is 13.7. The summed E-state index contributed by atoms with van der Waals surface area (Å²) in [6.07, 6.45) is -5.89. The molecule has 1 heterocycles. The van der Waals surface area contributed by atoms with Crippen LogP contribution in [0.15, 0.2) is 66.7 Å². The highest BCUT2D eigenvalue weighted by Crippen LogP contribution is 2.44. The summed E-state index contributed by atoms with van der Waals surface area (Å²) in [5, 5.41) is 0. The molecule has 178 valence electrons. The number of carbonyl (C=O) groups excluding carboxylic acids is 1. The molecule has 0 N–H and O–H groups in total. The van der Waals surface area contributed by atoms with Crippen molar-refractivity contribution in [2.24, 2.45) is 0 Å². The quantitative estimate of drug-likeness (QED) is 0.469. The van der Waals surface area contributed by atoms with E-state index in [0.717, 1.165) is 0 Å². The minimum Gasteiger partial charge on any atom is -0.497 e. The number of amides is 1. The van der Waals surface area contributed by atoms with E-state index in [2.05, 4.69) is 0 Å². The summed E-state index contributed by atoms with van der Waals surface area (Å²) in [5.74, 6) is -0.784. The van der Waals surface area contributed by atoms with Crippen LogP contribution in [0.1, 0.15) is 22.8 Å². The van der Waals surface area contributed by atoms with Gasteiger partial charge in [0.1, 0.15) is 11.9 Å². The molecular weight excluding hydrogens is 451 g/mol. The molecule has 1 amide bonds. The van der Waals surface area contributed by atoms with Crippen molar-refractivity contribution in [2.45, 2.75) is 18.8 Å². The lowest BCUT2D eigenvalue weighted by Crippen LogP contribution is -2.41. The van der Waals surface area contributed by atoms with Gasteiger partial charge in [0.15, 0.2) is 11.5 Å². The zero-order valence-electron chi connectivity index (χ0n) is 18.5. The highest BCUT2D eigenvalue weighted by atomic mass is 19.4. The summed E-state index contributed by atoms with van der Waals surface area (Å²) < 4.78 is 62.8. The van der Waals surface area contributed by atoms with Gasteiger partial charge in [0.25, 0.3) is 0 Å². The van der Waals surface area contributed by atoms with Gasteiger partial charge in [-0.1, -0.05) is 42.5 Å². The van der Waals surface area contributed by atoms with E-state index in [0.29, 0.717) is 33.1 Å². The molecule has 0 spiro atoms.